The number of pyridine rings is 1. The maximum absolute atomic E-state index is 14.4. The van der Waals surface area contributed by atoms with Crippen molar-refractivity contribution in [2.45, 2.75) is 57.6 Å². The minimum atomic E-state index is -1.14. The zero-order chi connectivity index (χ0) is 26.5. The quantitative estimate of drug-likeness (QED) is 0.599. The summed E-state index contributed by atoms with van der Waals surface area (Å²) in [5.41, 5.74) is 6.29. The summed E-state index contributed by atoms with van der Waals surface area (Å²) in [5, 5.41) is 0. The van der Waals surface area contributed by atoms with E-state index in [1.54, 1.807) is 6.20 Å². The Morgan fingerprint density at radius 3 is 2.34 bits per heavy atom. The first-order chi connectivity index (χ1) is 18.3. The number of amides is 2. The Balaban J connectivity index is 1.26. The summed E-state index contributed by atoms with van der Waals surface area (Å²) in [7, 11) is 0. The second-order valence-electron chi connectivity index (χ2n) is 12.2. The van der Waals surface area contributed by atoms with Crippen LogP contribution in [0.1, 0.15) is 46.0 Å². The number of morpholine rings is 1. The molecule has 2 aromatic rings. The standard InChI is InChI=1S/C30H38N4O4/c1-29(2,38-25-9-8-24(19-32-25)33-10-12-37-13-11-33)28(36)34(23-6-4-3-5-7-23)26-21-14-20-15-22(26)18-30(16-20,17-21)27(31)35/h3-9,19-22,26H,10-18H2,1-2H3,(H2,31,35). The van der Waals surface area contributed by atoms with Gasteiger partial charge in [-0.1, -0.05) is 18.2 Å². The summed E-state index contributed by atoms with van der Waals surface area (Å²) in [4.78, 5) is 35.7. The molecule has 38 heavy (non-hydrogen) atoms. The number of benzene rings is 1. The van der Waals surface area contributed by atoms with Gasteiger partial charge in [-0.3, -0.25) is 9.59 Å². The Kier molecular flexibility index (Phi) is 6.33. The van der Waals surface area contributed by atoms with Crippen molar-refractivity contribution in [1.82, 2.24) is 4.98 Å². The molecule has 0 spiro atoms. The second-order valence-corrected chi connectivity index (χ2v) is 12.2. The van der Waals surface area contributed by atoms with Crippen molar-refractivity contribution >= 4 is 23.2 Å². The van der Waals surface area contributed by atoms with Crippen LogP contribution in [0.2, 0.25) is 0 Å². The van der Waals surface area contributed by atoms with Crippen LogP contribution in [0.3, 0.4) is 0 Å². The Labute approximate surface area is 224 Å². The number of rotatable bonds is 7. The van der Waals surface area contributed by atoms with Gasteiger partial charge in [-0.2, -0.15) is 0 Å². The molecule has 1 aromatic carbocycles. The van der Waals surface area contributed by atoms with Gasteiger partial charge in [-0.05, 0) is 81.9 Å². The molecule has 202 valence electrons. The lowest BCUT2D eigenvalue weighted by Crippen LogP contribution is -2.65. The number of para-hydroxylation sites is 1. The molecule has 2 N–H and O–H groups in total. The van der Waals surface area contributed by atoms with Gasteiger partial charge in [0.05, 0.1) is 25.1 Å². The molecule has 4 saturated carbocycles. The van der Waals surface area contributed by atoms with Gasteiger partial charge in [0.1, 0.15) is 0 Å². The van der Waals surface area contributed by atoms with Crippen LogP contribution < -0.4 is 20.3 Å². The third-order valence-electron chi connectivity index (χ3n) is 9.27. The van der Waals surface area contributed by atoms with E-state index >= 15 is 0 Å². The van der Waals surface area contributed by atoms with Crippen molar-refractivity contribution in [3.63, 3.8) is 0 Å². The monoisotopic (exact) mass is 518 g/mol. The molecule has 4 bridgehead atoms. The molecule has 0 radical (unpaired) electrons. The number of hydrogen-bond acceptors (Lipinski definition) is 6. The van der Waals surface area contributed by atoms with Crippen molar-refractivity contribution in [2.75, 3.05) is 36.1 Å². The lowest BCUT2D eigenvalue weighted by Gasteiger charge is -2.61. The SMILES string of the molecule is CC(C)(Oc1ccc(N2CCOCC2)cn1)C(=O)N(c1ccccc1)C1C2CC3CC1CC(C(N)=O)(C3)C2. The Morgan fingerprint density at radius 2 is 1.74 bits per heavy atom. The molecule has 2 atom stereocenters. The first kappa shape index (κ1) is 25.2. The first-order valence-electron chi connectivity index (χ1n) is 13.9. The minimum absolute atomic E-state index is 0.0217. The number of nitrogens with zero attached hydrogens (tertiary/aromatic N) is 3. The number of nitrogens with two attached hydrogens (primary N) is 1. The molecule has 7 rings (SSSR count). The van der Waals surface area contributed by atoms with E-state index in [4.69, 9.17) is 15.2 Å². The lowest BCUT2D eigenvalue weighted by molar-refractivity contribution is -0.147. The van der Waals surface area contributed by atoms with E-state index in [-0.39, 0.29) is 29.7 Å². The van der Waals surface area contributed by atoms with Crippen molar-refractivity contribution in [3.8, 4) is 5.88 Å². The average molecular weight is 519 g/mol. The summed E-state index contributed by atoms with van der Waals surface area (Å²) >= 11 is 0. The summed E-state index contributed by atoms with van der Waals surface area (Å²) < 4.78 is 11.7. The maximum Gasteiger partial charge on any atom is 0.270 e. The molecular formula is C30H38N4O4. The predicted molar refractivity (Wildman–Crippen MR) is 145 cm³/mol. The molecule has 4 aliphatic carbocycles. The third kappa shape index (κ3) is 4.42. The fourth-order valence-electron chi connectivity index (χ4n) is 7.77. The fraction of sp³-hybridized carbons (Fsp3) is 0.567. The van der Waals surface area contributed by atoms with Gasteiger partial charge >= 0.3 is 0 Å². The van der Waals surface area contributed by atoms with Crippen LogP contribution in [-0.2, 0) is 14.3 Å². The van der Waals surface area contributed by atoms with E-state index in [9.17, 15) is 9.59 Å². The number of carbonyl (C=O) groups excluding carboxylic acids is 2. The average Bonchev–Trinajstić information content (AvgIpc) is 2.91. The lowest BCUT2D eigenvalue weighted by atomic mass is 9.47. The number of hydrogen-bond donors (Lipinski definition) is 1. The number of carbonyl (C=O) groups is 2. The van der Waals surface area contributed by atoms with Crippen LogP contribution in [0.15, 0.2) is 48.7 Å². The van der Waals surface area contributed by atoms with E-state index in [1.165, 1.54) is 0 Å². The van der Waals surface area contributed by atoms with Gasteiger partial charge < -0.3 is 25.0 Å². The summed E-state index contributed by atoms with van der Waals surface area (Å²) in [6.45, 7) is 6.73. The molecule has 8 nitrogen and oxygen atoms in total. The molecule has 2 amide bonds. The van der Waals surface area contributed by atoms with Crippen molar-refractivity contribution in [1.29, 1.82) is 0 Å². The summed E-state index contributed by atoms with van der Waals surface area (Å²) in [6, 6.07) is 13.8. The van der Waals surface area contributed by atoms with Crippen LogP contribution in [0.5, 0.6) is 5.88 Å². The molecule has 1 saturated heterocycles. The molecule has 8 heteroatoms. The third-order valence-corrected chi connectivity index (χ3v) is 9.27. The highest BCUT2D eigenvalue weighted by atomic mass is 16.5. The number of anilines is 2. The van der Waals surface area contributed by atoms with Crippen LogP contribution >= 0.6 is 0 Å². The Hall–Kier alpha value is -3.13. The van der Waals surface area contributed by atoms with Crippen LogP contribution in [-0.4, -0.2) is 54.7 Å². The summed E-state index contributed by atoms with van der Waals surface area (Å²) in [6.07, 6.45) is 6.32. The van der Waals surface area contributed by atoms with Gasteiger partial charge in [0.2, 0.25) is 11.8 Å². The topological polar surface area (TPSA) is 98.0 Å². The smallest absolute Gasteiger partial charge is 0.270 e. The molecule has 2 heterocycles. The van der Waals surface area contributed by atoms with Crippen molar-refractivity contribution < 1.29 is 19.1 Å². The van der Waals surface area contributed by atoms with Crippen molar-refractivity contribution in [2.24, 2.45) is 28.9 Å². The number of ether oxygens (including phenoxy) is 2. The molecule has 5 fully saturated rings. The normalized spacial score (nSPS) is 30.2. The Bertz CT molecular complexity index is 1160. The van der Waals surface area contributed by atoms with Gasteiger partial charge in [-0.25, -0.2) is 4.98 Å². The fourth-order valence-corrected chi connectivity index (χ4v) is 7.77. The highest BCUT2D eigenvalue weighted by Crippen LogP contribution is 2.61. The van der Waals surface area contributed by atoms with Crippen molar-refractivity contribution in [3.05, 3.63) is 48.7 Å². The molecular weight excluding hydrogens is 480 g/mol. The molecule has 5 aliphatic rings. The van der Waals surface area contributed by atoms with Crippen LogP contribution in [0.4, 0.5) is 11.4 Å². The van der Waals surface area contributed by atoms with Gasteiger partial charge in [0, 0.05) is 36.3 Å². The zero-order valence-electron chi connectivity index (χ0n) is 22.3. The minimum Gasteiger partial charge on any atom is -0.461 e. The van der Waals surface area contributed by atoms with E-state index in [2.05, 4.69) is 9.88 Å². The molecule has 2 unspecified atom stereocenters. The Morgan fingerprint density at radius 1 is 1.05 bits per heavy atom. The van der Waals surface area contributed by atoms with Gasteiger partial charge in [0.25, 0.3) is 5.91 Å². The van der Waals surface area contributed by atoms with E-state index in [0.717, 1.165) is 56.6 Å². The second kappa shape index (κ2) is 9.56. The van der Waals surface area contributed by atoms with E-state index < -0.39 is 11.0 Å². The molecule has 1 aromatic heterocycles. The summed E-state index contributed by atoms with van der Waals surface area (Å²) in [5.74, 6) is 1.18. The van der Waals surface area contributed by atoms with Crippen LogP contribution in [0.25, 0.3) is 0 Å². The largest absolute Gasteiger partial charge is 0.461 e. The number of primary amides is 1. The van der Waals surface area contributed by atoms with Crippen LogP contribution in [0, 0.1) is 23.2 Å². The highest BCUT2D eigenvalue weighted by Gasteiger charge is 2.60. The van der Waals surface area contributed by atoms with E-state index in [0.29, 0.717) is 25.0 Å². The highest BCUT2D eigenvalue weighted by molar-refractivity contribution is 6.00. The van der Waals surface area contributed by atoms with Gasteiger partial charge in [0.15, 0.2) is 5.60 Å². The molecule has 1 aliphatic heterocycles. The van der Waals surface area contributed by atoms with E-state index in [1.807, 2.05) is 61.2 Å². The predicted octanol–water partition coefficient (Wildman–Crippen LogP) is 3.79. The zero-order valence-corrected chi connectivity index (χ0v) is 22.3. The number of aromatic nitrogens is 1. The van der Waals surface area contributed by atoms with Gasteiger partial charge in [-0.15, -0.1) is 0 Å². The maximum atomic E-state index is 14.4. The first-order valence-corrected chi connectivity index (χ1v) is 13.9.